The van der Waals surface area contributed by atoms with E-state index in [0.717, 1.165) is 37.9 Å². The minimum Gasteiger partial charge on any atom is -0.512 e. The molecule has 0 aromatic carbocycles. The lowest BCUT2D eigenvalue weighted by atomic mass is 10.1. The molecule has 1 heterocycles. The normalized spacial score (nSPS) is 30.4. The van der Waals surface area contributed by atoms with Crippen LogP contribution in [0.3, 0.4) is 0 Å². The van der Waals surface area contributed by atoms with Crippen LogP contribution in [-0.2, 0) is 9.47 Å². The molecular weight excluding hydrogens is 216 g/mol. The molecule has 0 amide bonds. The Bertz CT molecular complexity index is 301. The van der Waals surface area contributed by atoms with Crippen molar-refractivity contribution >= 4 is 0 Å². The molecule has 3 heteroatoms. The van der Waals surface area contributed by atoms with E-state index in [1.165, 1.54) is 6.42 Å². The van der Waals surface area contributed by atoms with Crippen LogP contribution >= 0.6 is 0 Å². The molecule has 0 saturated carbocycles. The fraction of sp³-hybridized carbons (Fsp3) is 0.714. The summed E-state index contributed by atoms with van der Waals surface area (Å²) in [6.07, 6.45) is 9.66. The summed E-state index contributed by atoms with van der Waals surface area (Å²) in [5.41, 5.74) is 1.11. The molecule has 0 bridgehead atoms. The van der Waals surface area contributed by atoms with E-state index in [2.05, 4.69) is 13.0 Å². The molecule has 1 fully saturated rings. The summed E-state index contributed by atoms with van der Waals surface area (Å²) in [5.74, 6) is 0.513. The average Bonchev–Trinajstić information content (AvgIpc) is 2.52. The van der Waals surface area contributed by atoms with E-state index in [9.17, 15) is 5.11 Å². The minimum absolute atomic E-state index is 0.0534. The van der Waals surface area contributed by atoms with Gasteiger partial charge in [-0.25, -0.2) is 0 Å². The van der Waals surface area contributed by atoms with E-state index >= 15 is 0 Å². The van der Waals surface area contributed by atoms with Crippen molar-refractivity contribution in [1.82, 2.24) is 0 Å². The molecule has 0 radical (unpaired) electrons. The molecule has 1 aliphatic heterocycles. The predicted molar refractivity (Wildman–Crippen MR) is 66.8 cm³/mol. The van der Waals surface area contributed by atoms with E-state index < -0.39 is 0 Å². The van der Waals surface area contributed by atoms with Crippen molar-refractivity contribution in [1.29, 1.82) is 0 Å². The SMILES string of the molecule is CCC1=C(O)CC=CC(OC2CCCCO2)C1. The Kier molecular flexibility index (Phi) is 4.63. The average molecular weight is 238 g/mol. The zero-order valence-corrected chi connectivity index (χ0v) is 10.5. The van der Waals surface area contributed by atoms with Gasteiger partial charge in [0, 0.05) is 19.4 Å². The van der Waals surface area contributed by atoms with Gasteiger partial charge < -0.3 is 14.6 Å². The summed E-state index contributed by atoms with van der Waals surface area (Å²) in [6.45, 7) is 2.88. The van der Waals surface area contributed by atoms with E-state index in [1.807, 2.05) is 6.08 Å². The first-order valence-corrected chi connectivity index (χ1v) is 6.63. The highest BCUT2D eigenvalue weighted by atomic mass is 16.7. The molecular formula is C14H22O3. The van der Waals surface area contributed by atoms with Crippen molar-refractivity contribution in [3.05, 3.63) is 23.5 Å². The first kappa shape index (κ1) is 12.7. The molecule has 0 aromatic rings. The molecule has 2 atom stereocenters. The monoisotopic (exact) mass is 238 g/mol. The third-order valence-corrected chi connectivity index (χ3v) is 3.41. The summed E-state index contributed by atoms with van der Waals surface area (Å²) >= 11 is 0. The van der Waals surface area contributed by atoms with Gasteiger partial charge in [0.15, 0.2) is 6.29 Å². The van der Waals surface area contributed by atoms with Crippen LogP contribution in [-0.4, -0.2) is 24.1 Å². The summed E-state index contributed by atoms with van der Waals surface area (Å²) in [6, 6.07) is 0. The lowest BCUT2D eigenvalue weighted by Crippen LogP contribution is -2.27. The number of aliphatic hydroxyl groups excluding tert-OH is 1. The second kappa shape index (κ2) is 6.22. The van der Waals surface area contributed by atoms with Gasteiger partial charge in [0.05, 0.1) is 11.9 Å². The molecule has 0 aromatic heterocycles. The van der Waals surface area contributed by atoms with Crippen LogP contribution in [0, 0.1) is 0 Å². The largest absolute Gasteiger partial charge is 0.512 e. The maximum absolute atomic E-state index is 9.81. The van der Waals surface area contributed by atoms with Crippen LogP contribution < -0.4 is 0 Å². The Labute approximate surface area is 103 Å². The first-order valence-electron chi connectivity index (χ1n) is 6.63. The Morgan fingerprint density at radius 1 is 1.47 bits per heavy atom. The first-order chi connectivity index (χ1) is 8.29. The summed E-state index contributed by atoms with van der Waals surface area (Å²) in [5, 5.41) is 9.81. The number of allylic oxidation sites excluding steroid dienone is 1. The van der Waals surface area contributed by atoms with Crippen molar-refractivity contribution in [2.45, 2.75) is 57.8 Å². The quantitative estimate of drug-likeness (QED) is 0.765. The third-order valence-electron chi connectivity index (χ3n) is 3.41. The Hall–Kier alpha value is -0.800. The van der Waals surface area contributed by atoms with Crippen LogP contribution in [0.2, 0.25) is 0 Å². The molecule has 17 heavy (non-hydrogen) atoms. The number of hydrogen-bond donors (Lipinski definition) is 1. The number of ether oxygens (including phenoxy) is 2. The maximum Gasteiger partial charge on any atom is 0.158 e. The number of aliphatic hydroxyl groups is 1. The molecule has 2 unspecified atom stereocenters. The second-order valence-corrected chi connectivity index (χ2v) is 4.71. The van der Waals surface area contributed by atoms with E-state index in [1.54, 1.807) is 0 Å². The fourth-order valence-corrected chi connectivity index (χ4v) is 2.36. The standard InChI is InChI=1S/C14H22O3/c1-2-11-10-12(6-5-7-13(11)15)17-14-8-3-4-9-16-14/h5-6,12,14-15H,2-4,7-10H2,1H3. The molecule has 0 spiro atoms. The molecule has 3 nitrogen and oxygen atoms in total. The van der Waals surface area contributed by atoms with Crippen LogP contribution in [0.1, 0.15) is 45.4 Å². The van der Waals surface area contributed by atoms with E-state index in [4.69, 9.17) is 9.47 Å². The molecule has 96 valence electrons. The highest BCUT2D eigenvalue weighted by Crippen LogP contribution is 2.25. The highest BCUT2D eigenvalue weighted by Gasteiger charge is 2.21. The fourth-order valence-electron chi connectivity index (χ4n) is 2.36. The van der Waals surface area contributed by atoms with Gasteiger partial charge in [-0.2, -0.15) is 0 Å². The van der Waals surface area contributed by atoms with Gasteiger partial charge in [-0.3, -0.25) is 0 Å². The smallest absolute Gasteiger partial charge is 0.158 e. The third kappa shape index (κ3) is 3.58. The van der Waals surface area contributed by atoms with Gasteiger partial charge >= 0.3 is 0 Å². The van der Waals surface area contributed by atoms with Crippen LogP contribution in [0.5, 0.6) is 0 Å². The Morgan fingerprint density at radius 3 is 3.06 bits per heavy atom. The minimum atomic E-state index is -0.0586. The van der Waals surface area contributed by atoms with Gasteiger partial charge in [0.1, 0.15) is 0 Å². The summed E-state index contributed by atoms with van der Waals surface area (Å²) in [4.78, 5) is 0. The molecule has 2 aliphatic rings. The summed E-state index contributed by atoms with van der Waals surface area (Å²) in [7, 11) is 0. The zero-order valence-electron chi connectivity index (χ0n) is 10.5. The molecule has 1 saturated heterocycles. The van der Waals surface area contributed by atoms with Crippen molar-refractivity contribution in [2.75, 3.05) is 6.61 Å². The van der Waals surface area contributed by atoms with Gasteiger partial charge in [0.2, 0.25) is 0 Å². The van der Waals surface area contributed by atoms with Gasteiger partial charge in [-0.15, -0.1) is 0 Å². The van der Waals surface area contributed by atoms with E-state index in [0.29, 0.717) is 12.2 Å². The number of hydrogen-bond acceptors (Lipinski definition) is 3. The molecule has 1 N–H and O–H groups in total. The van der Waals surface area contributed by atoms with Gasteiger partial charge in [-0.1, -0.05) is 19.1 Å². The topological polar surface area (TPSA) is 38.7 Å². The van der Waals surface area contributed by atoms with Gasteiger partial charge in [0.25, 0.3) is 0 Å². The summed E-state index contributed by atoms with van der Waals surface area (Å²) < 4.78 is 11.5. The van der Waals surface area contributed by atoms with Crippen LogP contribution in [0.15, 0.2) is 23.5 Å². The van der Waals surface area contributed by atoms with Crippen LogP contribution in [0.25, 0.3) is 0 Å². The lowest BCUT2D eigenvalue weighted by Gasteiger charge is -2.26. The maximum atomic E-state index is 9.81. The Morgan fingerprint density at radius 2 is 2.35 bits per heavy atom. The predicted octanol–water partition coefficient (Wildman–Crippen LogP) is 3.47. The Balaban J connectivity index is 1.92. The van der Waals surface area contributed by atoms with Gasteiger partial charge in [-0.05, 0) is 31.3 Å². The van der Waals surface area contributed by atoms with E-state index in [-0.39, 0.29) is 12.4 Å². The van der Waals surface area contributed by atoms with Crippen molar-refractivity contribution in [3.8, 4) is 0 Å². The van der Waals surface area contributed by atoms with Crippen molar-refractivity contribution in [3.63, 3.8) is 0 Å². The lowest BCUT2D eigenvalue weighted by molar-refractivity contribution is -0.178. The number of rotatable bonds is 3. The van der Waals surface area contributed by atoms with Crippen LogP contribution in [0.4, 0.5) is 0 Å². The highest BCUT2D eigenvalue weighted by molar-refractivity contribution is 5.17. The zero-order chi connectivity index (χ0) is 12.1. The second-order valence-electron chi connectivity index (χ2n) is 4.71. The molecule has 2 rings (SSSR count). The van der Waals surface area contributed by atoms with Crippen molar-refractivity contribution < 1.29 is 14.6 Å². The van der Waals surface area contributed by atoms with Crippen molar-refractivity contribution in [2.24, 2.45) is 0 Å². The molecule has 1 aliphatic carbocycles.